The van der Waals surface area contributed by atoms with Gasteiger partial charge in [-0.25, -0.2) is 8.42 Å². The molecule has 1 N–H and O–H groups in total. The van der Waals surface area contributed by atoms with Crippen LogP contribution in [0.5, 0.6) is 11.5 Å². The van der Waals surface area contributed by atoms with Crippen LogP contribution >= 0.6 is 0 Å². The van der Waals surface area contributed by atoms with E-state index in [2.05, 4.69) is 19.2 Å². The molecular weight excluding hydrogens is 454 g/mol. The predicted molar refractivity (Wildman–Crippen MR) is 129 cm³/mol. The van der Waals surface area contributed by atoms with Gasteiger partial charge in [0.1, 0.15) is 0 Å². The molecule has 4 rings (SSSR count). The fourth-order valence-corrected chi connectivity index (χ4v) is 5.78. The van der Waals surface area contributed by atoms with Crippen LogP contribution in [0.2, 0.25) is 0 Å². The predicted octanol–water partition coefficient (Wildman–Crippen LogP) is 2.67. The van der Waals surface area contributed by atoms with Gasteiger partial charge in [-0.15, -0.1) is 0 Å². The van der Waals surface area contributed by atoms with Crippen LogP contribution in [-0.2, 0) is 14.8 Å². The Balaban J connectivity index is 1.34. The molecule has 2 heterocycles. The molecular formula is C25H33N3O5S. The normalized spacial score (nSPS) is 17.9. The van der Waals surface area contributed by atoms with Gasteiger partial charge in [0.15, 0.2) is 11.5 Å². The Labute approximate surface area is 201 Å². The van der Waals surface area contributed by atoms with E-state index in [1.54, 1.807) is 35.2 Å². The summed E-state index contributed by atoms with van der Waals surface area (Å²) >= 11 is 0. The maximum absolute atomic E-state index is 12.9. The third kappa shape index (κ3) is 5.54. The number of rotatable bonds is 7. The largest absolute Gasteiger partial charge is 0.490 e. The summed E-state index contributed by atoms with van der Waals surface area (Å²) in [5.74, 6) is 1.72. The van der Waals surface area contributed by atoms with E-state index in [9.17, 15) is 13.2 Å². The molecule has 1 amide bonds. The van der Waals surface area contributed by atoms with E-state index >= 15 is 0 Å². The average molecular weight is 488 g/mol. The van der Waals surface area contributed by atoms with E-state index in [4.69, 9.17) is 9.47 Å². The van der Waals surface area contributed by atoms with Crippen molar-refractivity contribution < 1.29 is 22.7 Å². The quantitative estimate of drug-likeness (QED) is 0.646. The van der Waals surface area contributed by atoms with Crippen molar-refractivity contribution in [3.8, 4) is 11.5 Å². The molecule has 184 valence electrons. The molecule has 1 fully saturated rings. The molecule has 2 aliphatic heterocycles. The maximum Gasteiger partial charge on any atom is 0.243 e. The van der Waals surface area contributed by atoms with E-state index in [1.807, 2.05) is 18.2 Å². The number of amides is 1. The molecule has 34 heavy (non-hydrogen) atoms. The lowest BCUT2D eigenvalue weighted by atomic mass is 9.95. The first kappa shape index (κ1) is 24.5. The average Bonchev–Trinajstić information content (AvgIpc) is 3.09. The standard InChI is InChI=1S/C25H33N3O5S/c1-19(2)25(20-9-10-22-23(17-20)33-16-6-15-32-22)26-18-24(29)27-11-13-28(14-12-27)34(30,31)21-7-4-3-5-8-21/h3-5,7-10,17,19,25-26H,6,11-16,18H2,1-2H3. The Bertz CT molecular complexity index is 1080. The summed E-state index contributed by atoms with van der Waals surface area (Å²) < 4.78 is 38.7. The van der Waals surface area contributed by atoms with Gasteiger partial charge < -0.3 is 19.7 Å². The third-order valence-electron chi connectivity index (χ3n) is 6.24. The summed E-state index contributed by atoms with van der Waals surface area (Å²) in [4.78, 5) is 14.9. The van der Waals surface area contributed by atoms with Gasteiger partial charge in [-0.1, -0.05) is 38.1 Å². The van der Waals surface area contributed by atoms with Crippen LogP contribution < -0.4 is 14.8 Å². The molecule has 2 aromatic carbocycles. The molecule has 1 atom stereocenters. The second kappa shape index (κ2) is 10.8. The van der Waals surface area contributed by atoms with Crippen LogP contribution in [0.4, 0.5) is 0 Å². The molecule has 8 nitrogen and oxygen atoms in total. The zero-order valence-electron chi connectivity index (χ0n) is 19.8. The zero-order valence-corrected chi connectivity index (χ0v) is 20.6. The van der Waals surface area contributed by atoms with E-state index < -0.39 is 10.0 Å². The van der Waals surface area contributed by atoms with Crippen molar-refractivity contribution in [3.05, 3.63) is 54.1 Å². The number of hydrogen-bond acceptors (Lipinski definition) is 6. The van der Waals surface area contributed by atoms with Gasteiger partial charge in [-0.3, -0.25) is 4.79 Å². The SMILES string of the molecule is CC(C)C(NCC(=O)N1CCN(S(=O)(=O)c2ccccc2)CC1)c1ccc2c(c1)OCCCO2. The minimum atomic E-state index is -3.54. The van der Waals surface area contributed by atoms with E-state index in [0.717, 1.165) is 23.5 Å². The lowest BCUT2D eigenvalue weighted by molar-refractivity contribution is -0.131. The molecule has 2 aliphatic rings. The Morgan fingerprint density at radius 1 is 0.971 bits per heavy atom. The number of ether oxygens (including phenoxy) is 2. The van der Waals surface area contributed by atoms with Crippen LogP contribution in [-0.4, -0.2) is 69.5 Å². The zero-order chi connectivity index (χ0) is 24.1. The van der Waals surface area contributed by atoms with Crippen LogP contribution in [0, 0.1) is 5.92 Å². The first-order valence-electron chi connectivity index (χ1n) is 11.8. The molecule has 1 saturated heterocycles. The highest BCUT2D eigenvalue weighted by Gasteiger charge is 2.30. The molecule has 0 aliphatic carbocycles. The number of hydrogen-bond donors (Lipinski definition) is 1. The molecule has 0 bridgehead atoms. The van der Waals surface area contributed by atoms with Gasteiger partial charge in [0.2, 0.25) is 15.9 Å². The summed E-state index contributed by atoms with van der Waals surface area (Å²) in [6.07, 6.45) is 0.851. The van der Waals surface area contributed by atoms with Gasteiger partial charge in [-0.2, -0.15) is 4.31 Å². The summed E-state index contributed by atoms with van der Waals surface area (Å²) in [6, 6.07) is 14.3. The monoisotopic (exact) mass is 487 g/mol. The number of nitrogens with one attached hydrogen (secondary N) is 1. The molecule has 0 spiro atoms. The second-order valence-corrected chi connectivity index (χ2v) is 10.9. The lowest BCUT2D eigenvalue weighted by Crippen LogP contribution is -2.52. The first-order valence-corrected chi connectivity index (χ1v) is 13.3. The van der Waals surface area contributed by atoms with Gasteiger partial charge in [-0.05, 0) is 35.7 Å². The van der Waals surface area contributed by atoms with E-state index in [0.29, 0.717) is 39.4 Å². The van der Waals surface area contributed by atoms with Gasteiger partial charge >= 0.3 is 0 Å². The Morgan fingerprint density at radius 3 is 2.32 bits per heavy atom. The van der Waals surface area contributed by atoms with Crippen LogP contribution in [0.1, 0.15) is 31.9 Å². The number of fused-ring (bicyclic) bond motifs is 1. The molecule has 0 aromatic heterocycles. The highest BCUT2D eigenvalue weighted by atomic mass is 32.2. The van der Waals surface area contributed by atoms with Gasteiger partial charge in [0.25, 0.3) is 0 Å². The number of piperazine rings is 1. The van der Waals surface area contributed by atoms with E-state index in [1.165, 1.54) is 4.31 Å². The minimum absolute atomic E-state index is 0.0270. The third-order valence-corrected chi connectivity index (χ3v) is 8.16. The summed E-state index contributed by atoms with van der Waals surface area (Å²) in [7, 11) is -3.54. The lowest BCUT2D eigenvalue weighted by Gasteiger charge is -2.34. The van der Waals surface area contributed by atoms with Crippen molar-refractivity contribution in [2.24, 2.45) is 5.92 Å². The fourth-order valence-electron chi connectivity index (χ4n) is 4.34. The Morgan fingerprint density at radius 2 is 1.65 bits per heavy atom. The van der Waals surface area contributed by atoms with Gasteiger partial charge in [0, 0.05) is 38.6 Å². The van der Waals surface area contributed by atoms with Crippen molar-refractivity contribution in [2.45, 2.75) is 31.2 Å². The highest BCUT2D eigenvalue weighted by molar-refractivity contribution is 7.89. The van der Waals surface area contributed by atoms with Crippen LogP contribution in [0.3, 0.4) is 0 Å². The summed E-state index contributed by atoms with van der Waals surface area (Å²) in [5.41, 5.74) is 1.05. The van der Waals surface area contributed by atoms with Crippen molar-refractivity contribution in [2.75, 3.05) is 45.9 Å². The second-order valence-electron chi connectivity index (χ2n) is 8.96. The molecule has 0 saturated carbocycles. The molecule has 9 heteroatoms. The van der Waals surface area contributed by atoms with Crippen molar-refractivity contribution in [1.82, 2.24) is 14.5 Å². The molecule has 0 radical (unpaired) electrons. The number of carbonyl (C=O) groups excluding carboxylic acids is 1. The minimum Gasteiger partial charge on any atom is -0.490 e. The highest BCUT2D eigenvalue weighted by Crippen LogP contribution is 2.34. The van der Waals surface area contributed by atoms with E-state index in [-0.39, 0.29) is 29.3 Å². The smallest absolute Gasteiger partial charge is 0.243 e. The van der Waals surface area contributed by atoms with Crippen molar-refractivity contribution >= 4 is 15.9 Å². The maximum atomic E-state index is 12.9. The number of nitrogens with zero attached hydrogens (tertiary/aromatic N) is 2. The fraction of sp³-hybridized carbons (Fsp3) is 0.480. The summed E-state index contributed by atoms with van der Waals surface area (Å²) in [6.45, 7) is 7.01. The Kier molecular flexibility index (Phi) is 7.75. The topological polar surface area (TPSA) is 88.2 Å². The van der Waals surface area contributed by atoms with Crippen molar-refractivity contribution in [1.29, 1.82) is 0 Å². The first-order chi connectivity index (χ1) is 16.4. The molecule has 2 aromatic rings. The summed E-state index contributed by atoms with van der Waals surface area (Å²) in [5, 5.41) is 3.40. The van der Waals surface area contributed by atoms with Crippen LogP contribution in [0.15, 0.2) is 53.4 Å². The Hall–Kier alpha value is -2.62. The number of benzene rings is 2. The molecule has 1 unspecified atom stereocenters. The van der Waals surface area contributed by atoms with Crippen molar-refractivity contribution in [3.63, 3.8) is 0 Å². The number of carbonyl (C=O) groups is 1. The van der Waals surface area contributed by atoms with Crippen LogP contribution in [0.25, 0.3) is 0 Å². The van der Waals surface area contributed by atoms with Gasteiger partial charge in [0.05, 0.1) is 24.7 Å². The number of sulfonamides is 1.